The molecule has 0 aliphatic heterocycles. The molecule has 0 radical (unpaired) electrons. The SMILES string of the molecule is CCCc1cc(OC(C)=O)c(SC)c2c1c1ccccc1n2Cc1ccc(NC(C)=O)cc1. The van der Waals surface area contributed by atoms with Gasteiger partial charge in [-0.05, 0) is 48.1 Å². The number of aryl methyl sites for hydroxylation is 1. The summed E-state index contributed by atoms with van der Waals surface area (Å²) in [6, 6.07) is 18.4. The average molecular weight is 461 g/mol. The molecule has 1 heterocycles. The fourth-order valence-electron chi connectivity index (χ4n) is 4.42. The van der Waals surface area contributed by atoms with Crippen LogP contribution in [0.5, 0.6) is 5.75 Å². The Bertz CT molecular complexity index is 1340. The van der Waals surface area contributed by atoms with Crippen LogP contribution in [0.3, 0.4) is 0 Å². The number of anilines is 1. The number of para-hydroxylation sites is 1. The van der Waals surface area contributed by atoms with Gasteiger partial charge in [0.2, 0.25) is 5.91 Å². The molecular weight excluding hydrogens is 432 g/mol. The average Bonchev–Trinajstić information content (AvgIpc) is 3.09. The molecule has 4 rings (SSSR count). The number of rotatable bonds is 7. The molecule has 6 heteroatoms. The van der Waals surface area contributed by atoms with Crippen LogP contribution in [0.4, 0.5) is 5.69 Å². The van der Waals surface area contributed by atoms with Crippen LogP contribution in [0.15, 0.2) is 59.5 Å². The monoisotopic (exact) mass is 460 g/mol. The summed E-state index contributed by atoms with van der Waals surface area (Å²) in [5.41, 5.74) is 5.33. The third-order valence-electron chi connectivity index (χ3n) is 5.63. The lowest BCUT2D eigenvalue weighted by Gasteiger charge is -2.16. The van der Waals surface area contributed by atoms with Gasteiger partial charge in [-0.2, -0.15) is 0 Å². The van der Waals surface area contributed by atoms with Gasteiger partial charge in [0.05, 0.1) is 10.4 Å². The molecule has 4 aromatic rings. The minimum Gasteiger partial charge on any atom is -0.425 e. The maximum atomic E-state index is 11.9. The highest BCUT2D eigenvalue weighted by molar-refractivity contribution is 7.99. The van der Waals surface area contributed by atoms with Gasteiger partial charge in [0.1, 0.15) is 5.75 Å². The Kier molecular flexibility index (Phi) is 6.75. The van der Waals surface area contributed by atoms with Crippen LogP contribution in [0.2, 0.25) is 0 Å². The molecule has 33 heavy (non-hydrogen) atoms. The van der Waals surface area contributed by atoms with Crippen LogP contribution in [0, 0.1) is 0 Å². The van der Waals surface area contributed by atoms with Crippen molar-refractivity contribution in [2.75, 3.05) is 11.6 Å². The molecule has 0 spiro atoms. The van der Waals surface area contributed by atoms with E-state index in [1.165, 1.54) is 30.2 Å². The number of nitrogens with zero attached hydrogens (tertiary/aromatic N) is 1. The van der Waals surface area contributed by atoms with E-state index in [0.717, 1.165) is 40.0 Å². The number of hydrogen-bond donors (Lipinski definition) is 1. The molecule has 1 N–H and O–H groups in total. The standard InChI is InChI=1S/C27H28N2O3S/c1-5-8-20-15-24(32-18(3)31)27(33-4)26-25(20)22-9-6-7-10-23(22)29(26)16-19-11-13-21(14-12-19)28-17(2)30/h6-7,9-15H,5,8,16H2,1-4H3,(H,28,30). The number of fused-ring (bicyclic) bond motifs is 3. The number of esters is 1. The number of nitrogens with one attached hydrogen (secondary N) is 1. The molecule has 0 bridgehead atoms. The molecule has 1 aromatic heterocycles. The highest BCUT2D eigenvalue weighted by Crippen LogP contribution is 2.43. The third kappa shape index (κ3) is 4.62. The molecule has 1 amide bonds. The van der Waals surface area contributed by atoms with Crippen molar-refractivity contribution < 1.29 is 14.3 Å². The second-order valence-electron chi connectivity index (χ2n) is 8.12. The number of carbonyl (C=O) groups excluding carboxylic acids is 2. The summed E-state index contributed by atoms with van der Waals surface area (Å²) in [7, 11) is 0. The number of ether oxygens (including phenoxy) is 1. The zero-order valence-corrected chi connectivity index (χ0v) is 20.2. The molecule has 170 valence electrons. The number of hydrogen-bond acceptors (Lipinski definition) is 4. The summed E-state index contributed by atoms with van der Waals surface area (Å²) < 4.78 is 7.99. The van der Waals surface area contributed by atoms with E-state index in [1.807, 2.05) is 36.6 Å². The van der Waals surface area contributed by atoms with Crippen molar-refractivity contribution in [3.05, 3.63) is 65.7 Å². The smallest absolute Gasteiger partial charge is 0.308 e. The molecule has 0 atom stereocenters. The summed E-state index contributed by atoms with van der Waals surface area (Å²) in [5, 5.41) is 5.25. The van der Waals surface area contributed by atoms with Gasteiger partial charge in [-0.3, -0.25) is 9.59 Å². The van der Waals surface area contributed by atoms with E-state index in [-0.39, 0.29) is 11.9 Å². The largest absolute Gasteiger partial charge is 0.425 e. The van der Waals surface area contributed by atoms with Gasteiger partial charge in [-0.1, -0.05) is 43.7 Å². The lowest BCUT2D eigenvalue weighted by molar-refractivity contribution is -0.132. The first-order valence-corrected chi connectivity index (χ1v) is 12.3. The van der Waals surface area contributed by atoms with Gasteiger partial charge < -0.3 is 14.6 Å². The van der Waals surface area contributed by atoms with E-state index < -0.39 is 0 Å². The second-order valence-corrected chi connectivity index (χ2v) is 8.93. The Balaban J connectivity index is 1.96. The van der Waals surface area contributed by atoms with Crippen LogP contribution in [-0.4, -0.2) is 22.7 Å². The third-order valence-corrected chi connectivity index (χ3v) is 6.43. The van der Waals surface area contributed by atoms with E-state index in [9.17, 15) is 9.59 Å². The van der Waals surface area contributed by atoms with Crippen molar-refractivity contribution in [2.45, 2.75) is 45.1 Å². The maximum absolute atomic E-state index is 11.9. The highest BCUT2D eigenvalue weighted by atomic mass is 32.2. The fraction of sp³-hybridized carbons (Fsp3) is 0.259. The number of benzene rings is 3. The topological polar surface area (TPSA) is 60.3 Å². The molecule has 0 saturated carbocycles. The van der Waals surface area contributed by atoms with E-state index in [2.05, 4.69) is 41.1 Å². The zero-order valence-electron chi connectivity index (χ0n) is 19.4. The van der Waals surface area contributed by atoms with Crippen molar-refractivity contribution in [3.63, 3.8) is 0 Å². The van der Waals surface area contributed by atoms with Gasteiger partial charge in [0, 0.05) is 42.4 Å². The van der Waals surface area contributed by atoms with Crippen LogP contribution in [0.25, 0.3) is 21.8 Å². The van der Waals surface area contributed by atoms with Crippen LogP contribution < -0.4 is 10.1 Å². The minimum atomic E-state index is -0.316. The van der Waals surface area contributed by atoms with Crippen molar-refractivity contribution in [1.82, 2.24) is 4.57 Å². The minimum absolute atomic E-state index is 0.0868. The summed E-state index contributed by atoms with van der Waals surface area (Å²) in [5.74, 6) is 0.218. The first-order valence-electron chi connectivity index (χ1n) is 11.1. The van der Waals surface area contributed by atoms with Crippen LogP contribution in [0.1, 0.15) is 38.3 Å². The Morgan fingerprint density at radius 2 is 1.79 bits per heavy atom. The maximum Gasteiger partial charge on any atom is 0.308 e. The Morgan fingerprint density at radius 1 is 1.06 bits per heavy atom. The molecule has 0 fully saturated rings. The van der Waals surface area contributed by atoms with Gasteiger partial charge >= 0.3 is 5.97 Å². The number of amides is 1. The van der Waals surface area contributed by atoms with Crippen molar-refractivity contribution >= 4 is 51.1 Å². The summed E-state index contributed by atoms with van der Waals surface area (Å²) >= 11 is 1.60. The molecule has 0 saturated heterocycles. The molecule has 5 nitrogen and oxygen atoms in total. The van der Waals surface area contributed by atoms with Crippen molar-refractivity contribution in [1.29, 1.82) is 0 Å². The number of carbonyl (C=O) groups is 2. The zero-order chi connectivity index (χ0) is 23.5. The Labute approximate surface area is 198 Å². The molecule has 0 unspecified atom stereocenters. The van der Waals surface area contributed by atoms with E-state index >= 15 is 0 Å². The van der Waals surface area contributed by atoms with E-state index in [4.69, 9.17) is 4.74 Å². The Morgan fingerprint density at radius 3 is 2.42 bits per heavy atom. The predicted octanol–water partition coefficient (Wildman–Crippen LogP) is 6.40. The highest BCUT2D eigenvalue weighted by Gasteiger charge is 2.21. The van der Waals surface area contributed by atoms with Gasteiger partial charge in [0.15, 0.2) is 0 Å². The van der Waals surface area contributed by atoms with Crippen LogP contribution in [-0.2, 0) is 22.6 Å². The quantitative estimate of drug-likeness (QED) is 0.197. The predicted molar refractivity (Wildman–Crippen MR) is 136 cm³/mol. The molecule has 0 aliphatic rings. The van der Waals surface area contributed by atoms with Gasteiger partial charge in [0.25, 0.3) is 0 Å². The second kappa shape index (κ2) is 9.71. The fourth-order valence-corrected chi connectivity index (χ4v) is 5.12. The van der Waals surface area contributed by atoms with E-state index in [0.29, 0.717) is 12.3 Å². The summed E-state index contributed by atoms with van der Waals surface area (Å²) in [4.78, 5) is 24.2. The molecule has 0 aliphatic carbocycles. The Hall–Kier alpha value is -3.25. The van der Waals surface area contributed by atoms with E-state index in [1.54, 1.807) is 11.8 Å². The van der Waals surface area contributed by atoms with Gasteiger partial charge in [-0.15, -0.1) is 11.8 Å². The lowest BCUT2D eigenvalue weighted by atomic mass is 10.0. The van der Waals surface area contributed by atoms with Crippen LogP contribution >= 0.6 is 11.8 Å². The summed E-state index contributed by atoms with van der Waals surface area (Å²) in [6.07, 6.45) is 3.92. The van der Waals surface area contributed by atoms with Gasteiger partial charge in [-0.25, -0.2) is 0 Å². The first kappa shape index (κ1) is 22.9. The molecule has 3 aromatic carbocycles. The van der Waals surface area contributed by atoms with Crippen molar-refractivity contribution in [3.8, 4) is 5.75 Å². The molecular formula is C27H28N2O3S. The summed E-state index contributed by atoms with van der Waals surface area (Å²) in [6.45, 7) is 5.77. The first-order chi connectivity index (χ1) is 15.9. The number of thioether (sulfide) groups is 1. The lowest BCUT2D eigenvalue weighted by Crippen LogP contribution is -2.07. The normalized spacial score (nSPS) is 11.2. The van der Waals surface area contributed by atoms with Crippen molar-refractivity contribution in [2.24, 2.45) is 0 Å². The number of aromatic nitrogens is 1.